The van der Waals surface area contributed by atoms with Crippen LogP contribution in [0.3, 0.4) is 0 Å². The van der Waals surface area contributed by atoms with Crippen molar-refractivity contribution in [3.8, 4) is 11.5 Å². The van der Waals surface area contributed by atoms with Gasteiger partial charge in [0.2, 0.25) is 0 Å². The minimum absolute atomic E-state index is 0.00143. The molecule has 2 fully saturated rings. The summed E-state index contributed by atoms with van der Waals surface area (Å²) in [7, 11) is 0. The first-order valence-corrected chi connectivity index (χ1v) is 22.0. The van der Waals surface area contributed by atoms with Gasteiger partial charge in [0.1, 0.15) is 17.6 Å². The number of benzene rings is 2. The molecule has 3 heterocycles. The molecule has 3 unspecified atom stereocenters. The van der Waals surface area contributed by atoms with Gasteiger partial charge in [0.15, 0.2) is 11.6 Å². The van der Waals surface area contributed by atoms with E-state index < -0.39 is 42.8 Å². The van der Waals surface area contributed by atoms with Crippen molar-refractivity contribution in [1.29, 1.82) is 0 Å². The number of carboxylic acid groups (broad SMARTS) is 1. The molecule has 2 aromatic rings. The molecule has 11 nitrogen and oxygen atoms in total. The number of fused-ring (bicyclic) bond motifs is 2. The number of ether oxygens (including phenoxy) is 7. The monoisotopic (exact) mass is 918 g/mol. The van der Waals surface area contributed by atoms with Crippen LogP contribution in [-0.4, -0.2) is 83.6 Å². The van der Waals surface area contributed by atoms with Crippen molar-refractivity contribution < 1.29 is 70.5 Å². The van der Waals surface area contributed by atoms with Crippen LogP contribution in [0.1, 0.15) is 125 Å². The predicted octanol–water partition coefficient (Wildman–Crippen LogP) is 11.3. The number of aromatic carboxylic acids is 1. The molecule has 0 spiro atoms. The average Bonchev–Trinajstić information content (AvgIpc) is 3.67. The highest BCUT2D eigenvalue weighted by atomic mass is 19.3. The van der Waals surface area contributed by atoms with Crippen LogP contribution in [0.2, 0.25) is 0 Å². The maximum absolute atomic E-state index is 13.0. The lowest BCUT2D eigenvalue weighted by Crippen LogP contribution is -2.29. The quantitative estimate of drug-likeness (QED) is 0.119. The van der Waals surface area contributed by atoms with Crippen LogP contribution in [0.25, 0.3) is 12.2 Å². The molecule has 3 aliphatic heterocycles. The fraction of sp³-hybridized carbons (Fsp3) is 0.560. The summed E-state index contributed by atoms with van der Waals surface area (Å²) in [5, 5.41) is 19.3. The highest BCUT2D eigenvalue weighted by Crippen LogP contribution is 2.37. The van der Waals surface area contributed by atoms with Gasteiger partial charge in [-0.1, -0.05) is 76.3 Å². The van der Waals surface area contributed by atoms with Gasteiger partial charge in [-0.05, 0) is 121 Å². The highest BCUT2D eigenvalue weighted by molar-refractivity contribution is 5.96. The van der Waals surface area contributed by atoms with Crippen molar-refractivity contribution in [2.45, 2.75) is 157 Å². The van der Waals surface area contributed by atoms with E-state index in [1.165, 1.54) is 31.2 Å². The summed E-state index contributed by atoms with van der Waals surface area (Å²) in [4.78, 5) is 24.7. The van der Waals surface area contributed by atoms with Gasteiger partial charge in [0.05, 0.1) is 41.6 Å². The number of aliphatic hydroxyl groups excluding tert-OH is 1. The summed E-state index contributed by atoms with van der Waals surface area (Å²) in [6.45, 7) is 16.2. The Morgan fingerprint density at radius 3 is 2.06 bits per heavy atom. The zero-order chi connectivity index (χ0) is 48.6. The topological polar surface area (TPSA) is 139 Å². The van der Waals surface area contributed by atoms with E-state index in [2.05, 4.69) is 22.5 Å². The first kappa shape index (κ1) is 53.1. The molecule has 0 aromatic heterocycles. The number of carbonyl (C=O) groups is 2. The third-order valence-corrected chi connectivity index (χ3v) is 11.6. The highest BCUT2D eigenvalue weighted by Gasteiger charge is 2.44. The summed E-state index contributed by atoms with van der Waals surface area (Å²) in [6.07, 6.45) is 14.2. The van der Waals surface area contributed by atoms with E-state index in [1.807, 2.05) is 79.7 Å². The molecule has 0 amide bonds. The first-order chi connectivity index (χ1) is 30.3. The summed E-state index contributed by atoms with van der Waals surface area (Å²) in [6, 6.07) is 5.42. The Bertz CT molecular complexity index is 2060. The fourth-order valence-corrected chi connectivity index (χ4v) is 7.95. The molecule has 360 valence electrons. The largest absolute Gasteiger partial charge is 0.478 e. The zero-order valence-corrected chi connectivity index (χ0v) is 39.4. The number of hydrogen-bond acceptors (Lipinski definition) is 10. The van der Waals surface area contributed by atoms with Crippen LogP contribution in [0.4, 0.5) is 17.6 Å². The number of aliphatic hydroxyl groups is 1. The van der Waals surface area contributed by atoms with E-state index in [-0.39, 0.29) is 76.8 Å². The number of cyclic esters (lactones) is 1. The second kappa shape index (κ2) is 22.8. The summed E-state index contributed by atoms with van der Waals surface area (Å²) < 4.78 is 90.1. The fourth-order valence-electron chi connectivity index (χ4n) is 7.95. The molecule has 15 heteroatoms. The van der Waals surface area contributed by atoms with E-state index in [0.717, 1.165) is 0 Å². The SMILES string of the molecule is Cc1cc(OC(F)F)cc(/C=C/C[C@@H]2OC(C)(C)O[C@@H]2C(C)/C=C\C(C)[C@H](C)O)c1C(=O)O.Cc1cc(OC(F)F)cc2c1C(=O)O[C@@H](C)[C@H](C)/C=C\C(C)[C@H]1OC(C)(C)O[C@H]1C/C=C/2. The van der Waals surface area contributed by atoms with Crippen molar-refractivity contribution in [1.82, 2.24) is 0 Å². The van der Waals surface area contributed by atoms with Crippen LogP contribution < -0.4 is 9.47 Å². The van der Waals surface area contributed by atoms with Gasteiger partial charge in [-0.2, -0.15) is 17.6 Å². The van der Waals surface area contributed by atoms with Gasteiger partial charge in [0, 0.05) is 17.8 Å². The molecule has 3 aliphatic rings. The normalized spacial score (nSPS) is 27.8. The molecule has 5 rings (SSSR count). The molecular weight excluding hydrogens is 853 g/mol. The Morgan fingerprint density at radius 1 is 0.846 bits per heavy atom. The van der Waals surface area contributed by atoms with Crippen molar-refractivity contribution >= 4 is 24.1 Å². The molecule has 0 radical (unpaired) electrons. The van der Waals surface area contributed by atoms with E-state index in [9.17, 15) is 37.4 Å². The van der Waals surface area contributed by atoms with Crippen LogP contribution in [0.5, 0.6) is 11.5 Å². The molecule has 2 aromatic carbocycles. The number of carbonyl (C=O) groups excluding carboxylic acids is 1. The van der Waals surface area contributed by atoms with Crippen molar-refractivity contribution in [3.63, 3.8) is 0 Å². The Balaban J connectivity index is 0.000000285. The van der Waals surface area contributed by atoms with E-state index in [0.29, 0.717) is 35.1 Å². The summed E-state index contributed by atoms with van der Waals surface area (Å²) >= 11 is 0. The number of rotatable bonds is 12. The molecule has 10 atom stereocenters. The Labute approximate surface area is 380 Å². The van der Waals surface area contributed by atoms with Crippen molar-refractivity contribution in [2.75, 3.05) is 0 Å². The molecule has 65 heavy (non-hydrogen) atoms. The number of hydrogen-bond donors (Lipinski definition) is 2. The number of aryl methyl sites for hydroxylation is 2. The molecule has 2 saturated heterocycles. The molecule has 2 N–H and O–H groups in total. The smallest absolute Gasteiger partial charge is 0.387 e. The summed E-state index contributed by atoms with van der Waals surface area (Å²) in [5.41, 5.74) is 1.91. The maximum Gasteiger partial charge on any atom is 0.387 e. The standard InChI is InChI=1S/C25H34F2O6.C25H32F2O5/c1-14(17(4)28)10-11-15(2)22-20(32-25(5,6)33-22)9-7-8-18-13-19(31-24(26)27)12-16(3)21(18)23(29)30;1-14-10-11-15(2)22-20(31-25(5,6)32-22)9-7-8-18-13-19(30-24(26)27)12-16(3)21(18)23(28)29-17(14)4/h7-8,10-15,17,20,22,24,28H,9H2,1-6H3,(H,29,30);7-8,10-15,17,20,22,24H,9H2,1-6H3/b2*8-7+,11-10-/t14?,15?,17-,20-,22+;14-,15?,17+,20+,22-/m01/s1. The lowest BCUT2D eigenvalue weighted by Gasteiger charge is -2.23. The predicted molar refractivity (Wildman–Crippen MR) is 239 cm³/mol. The molecule has 0 aliphatic carbocycles. The Kier molecular flexibility index (Phi) is 18.6. The van der Waals surface area contributed by atoms with Gasteiger partial charge < -0.3 is 43.4 Å². The van der Waals surface area contributed by atoms with Crippen molar-refractivity contribution in [2.24, 2.45) is 23.7 Å². The van der Waals surface area contributed by atoms with E-state index >= 15 is 0 Å². The van der Waals surface area contributed by atoms with E-state index in [1.54, 1.807) is 32.1 Å². The number of halogens is 4. The third-order valence-electron chi connectivity index (χ3n) is 11.6. The Hall–Kier alpha value is -4.54. The van der Waals surface area contributed by atoms with Crippen molar-refractivity contribution in [3.05, 3.63) is 94.1 Å². The van der Waals surface area contributed by atoms with Gasteiger partial charge in [-0.3, -0.25) is 0 Å². The minimum Gasteiger partial charge on any atom is -0.478 e. The van der Waals surface area contributed by atoms with E-state index in [4.69, 9.17) is 23.7 Å². The van der Waals surface area contributed by atoms with Gasteiger partial charge in [0.25, 0.3) is 0 Å². The second-order valence-corrected chi connectivity index (χ2v) is 18.1. The van der Waals surface area contributed by atoms with Gasteiger partial charge in [-0.25, -0.2) is 9.59 Å². The zero-order valence-electron chi connectivity index (χ0n) is 39.4. The molecule has 0 bridgehead atoms. The first-order valence-electron chi connectivity index (χ1n) is 22.0. The molecule has 0 saturated carbocycles. The van der Waals surface area contributed by atoms with Crippen LogP contribution in [0.15, 0.2) is 60.7 Å². The van der Waals surface area contributed by atoms with Crippen LogP contribution in [-0.2, 0) is 23.7 Å². The average molecular weight is 919 g/mol. The number of alkyl halides is 4. The second-order valence-electron chi connectivity index (χ2n) is 18.1. The Morgan fingerprint density at radius 2 is 1.45 bits per heavy atom. The third kappa shape index (κ3) is 15.3. The van der Waals surface area contributed by atoms with Crippen LogP contribution >= 0.6 is 0 Å². The minimum atomic E-state index is -3.00. The van der Waals surface area contributed by atoms with Gasteiger partial charge >= 0.3 is 25.2 Å². The van der Waals surface area contributed by atoms with Gasteiger partial charge in [-0.15, -0.1) is 0 Å². The summed E-state index contributed by atoms with van der Waals surface area (Å²) in [5.74, 6) is -3.18. The molecular formula is C50H66F4O11. The van der Waals surface area contributed by atoms with Crippen LogP contribution in [0, 0.1) is 37.5 Å². The lowest BCUT2D eigenvalue weighted by molar-refractivity contribution is -0.148. The number of carboxylic acids is 1. The number of esters is 1. The lowest BCUT2D eigenvalue weighted by atomic mass is 9.94. The maximum atomic E-state index is 13.0.